The number of hydrogen-bond acceptors (Lipinski definition) is 2. The highest BCUT2D eigenvalue weighted by atomic mass is 35.5. The second-order valence-corrected chi connectivity index (χ2v) is 5.55. The van der Waals surface area contributed by atoms with Gasteiger partial charge in [0.05, 0.1) is 16.9 Å². The molecule has 3 rings (SSSR count). The van der Waals surface area contributed by atoms with Crippen molar-refractivity contribution in [1.82, 2.24) is 14.5 Å². The third-order valence-corrected chi connectivity index (χ3v) is 4.16. The van der Waals surface area contributed by atoms with Crippen molar-refractivity contribution in [3.63, 3.8) is 0 Å². The van der Waals surface area contributed by atoms with Gasteiger partial charge in [-0.3, -0.25) is 4.79 Å². The van der Waals surface area contributed by atoms with E-state index in [0.717, 1.165) is 48.4 Å². The van der Waals surface area contributed by atoms with Gasteiger partial charge in [-0.2, -0.15) is 0 Å². The number of amides is 1. The maximum absolute atomic E-state index is 12.4. The average molecular weight is 292 g/mol. The summed E-state index contributed by atoms with van der Waals surface area (Å²) in [5.74, 6) is 1.25. The normalized spacial score (nSPS) is 15.2. The molecule has 0 saturated carbocycles. The summed E-state index contributed by atoms with van der Waals surface area (Å²) in [6.45, 7) is 4.13. The van der Waals surface area contributed by atoms with Crippen molar-refractivity contribution in [3.05, 3.63) is 29.6 Å². The zero-order chi connectivity index (χ0) is 14.1. The van der Waals surface area contributed by atoms with Gasteiger partial charge < -0.3 is 9.47 Å². The third kappa shape index (κ3) is 2.29. The summed E-state index contributed by atoms with van der Waals surface area (Å²) in [6, 6.07) is 5.99. The SMILES string of the molecule is Cc1cccc2nc(CCl)n(CC(=O)N3CCCC3)c12. The van der Waals surface area contributed by atoms with Gasteiger partial charge >= 0.3 is 0 Å². The second-order valence-electron chi connectivity index (χ2n) is 5.28. The van der Waals surface area contributed by atoms with Gasteiger partial charge in [-0.1, -0.05) is 12.1 Å². The van der Waals surface area contributed by atoms with Crippen LogP contribution in [0.2, 0.25) is 0 Å². The first-order chi connectivity index (χ1) is 9.70. The lowest BCUT2D eigenvalue weighted by Crippen LogP contribution is -2.31. The number of likely N-dealkylation sites (tertiary alicyclic amines) is 1. The molecule has 0 spiro atoms. The van der Waals surface area contributed by atoms with Gasteiger partial charge in [0.15, 0.2) is 0 Å². The Balaban J connectivity index is 1.98. The minimum absolute atomic E-state index is 0.163. The lowest BCUT2D eigenvalue weighted by molar-refractivity contribution is -0.130. The molecule has 4 nitrogen and oxygen atoms in total. The number of aryl methyl sites for hydroxylation is 1. The molecule has 2 aromatic rings. The molecule has 0 bridgehead atoms. The number of aromatic nitrogens is 2. The number of halogens is 1. The lowest BCUT2D eigenvalue weighted by Gasteiger charge is -2.17. The molecule has 1 aromatic heterocycles. The predicted octanol–water partition coefficient (Wildman–Crippen LogP) is 2.71. The van der Waals surface area contributed by atoms with E-state index in [4.69, 9.17) is 11.6 Å². The zero-order valence-electron chi connectivity index (χ0n) is 11.6. The molecule has 0 N–H and O–H groups in total. The Hall–Kier alpha value is -1.55. The van der Waals surface area contributed by atoms with Crippen LogP contribution >= 0.6 is 11.6 Å². The van der Waals surface area contributed by atoms with Crippen molar-refractivity contribution in [1.29, 1.82) is 0 Å². The first-order valence-electron chi connectivity index (χ1n) is 6.99. The van der Waals surface area contributed by atoms with E-state index in [2.05, 4.69) is 4.98 Å². The molecule has 1 amide bonds. The molecule has 1 aliphatic heterocycles. The molecule has 1 saturated heterocycles. The lowest BCUT2D eigenvalue weighted by atomic mass is 10.2. The fraction of sp³-hybridized carbons (Fsp3) is 0.467. The number of carbonyl (C=O) groups excluding carboxylic acids is 1. The van der Waals surface area contributed by atoms with Crippen LogP contribution in [0.15, 0.2) is 18.2 Å². The van der Waals surface area contributed by atoms with E-state index in [1.54, 1.807) is 0 Å². The van der Waals surface area contributed by atoms with Gasteiger partial charge in [-0.05, 0) is 31.4 Å². The molecule has 0 atom stereocenters. The number of alkyl halides is 1. The summed E-state index contributed by atoms with van der Waals surface area (Å²) in [6.07, 6.45) is 2.22. The van der Waals surface area contributed by atoms with Crippen LogP contribution in [0.5, 0.6) is 0 Å². The largest absolute Gasteiger partial charge is 0.341 e. The van der Waals surface area contributed by atoms with E-state index in [9.17, 15) is 4.79 Å². The fourth-order valence-corrected chi connectivity index (χ4v) is 3.09. The Morgan fingerprint density at radius 3 is 2.80 bits per heavy atom. The molecular weight excluding hydrogens is 274 g/mol. The monoisotopic (exact) mass is 291 g/mol. The number of para-hydroxylation sites is 1. The van der Waals surface area contributed by atoms with Crippen molar-refractivity contribution in [3.8, 4) is 0 Å². The molecule has 20 heavy (non-hydrogen) atoms. The van der Waals surface area contributed by atoms with E-state index >= 15 is 0 Å². The van der Waals surface area contributed by atoms with Crippen molar-refractivity contribution in [2.45, 2.75) is 32.2 Å². The summed E-state index contributed by atoms with van der Waals surface area (Å²) in [5.41, 5.74) is 3.06. The number of nitrogens with zero attached hydrogens (tertiary/aromatic N) is 3. The highest BCUT2D eigenvalue weighted by Crippen LogP contribution is 2.22. The Morgan fingerprint density at radius 1 is 1.35 bits per heavy atom. The Morgan fingerprint density at radius 2 is 2.10 bits per heavy atom. The maximum atomic E-state index is 12.4. The molecule has 106 valence electrons. The van der Waals surface area contributed by atoms with Gasteiger partial charge in [0.2, 0.25) is 5.91 Å². The van der Waals surface area contributed by atoms with Gasteiger partial charge in [0.25, 0.3) is 0 Å². The van der Waals surface area contributed by atoms with Crippen LogP contribution in [0.25, 0.3) is 11.0 Å². The highest BCUT2D eigenvalue weighted by molar-refractivity contribution is 6.16. The van der Waals surface area contributed by atoms with Gasteiger partial charge in [0.1, 0.15) is 12.4 Å². The van der Waals surface area contributed by atoms with Crippen LogP contribution in [0.1, 0.15) is 24.2 Å². The van der Waals surface area contributed by atoms with E-state index < -0.39 is 0 Å². The Kier molecular flexibility index (Phi) is 3.66. The number of benzene rings is 1. The van der Waals surface area contributed by atoms with Crippen LogP contribution in [0.3, 0.4) is 0 Å². The van der Waals surface area contributed by atoms with Crippen molar-refractivity contribution >= 4 is 28.5 Å². The summed E-state index contributed by atoms with van der Waals surface area (Å²) < 4.78 is 1.97. The number of hydrogen-bond donors (Lipinski definition) is 0. The number of fused-ring (bicyclic) bond motifs is 1. The first-order valence-corrected chi connectivity index (χ1v) is 7.52. The molecule has 0 aliphatic carbocycles. The fourth-order valence-electron chi connectivity index (χ4n) is 2.89. The molecule has 1 aliphatic rings. The van der Waals surface area contributed by atoms with Crippen LogP contribution in [0.4, 0.5) is 0 Å². The molecule has 1 fully saturated rings. The molecule has 5 heteroatoms. The third-order valence-electron chi connectivity index (χ3n) is 3.92. The van der Waals surface area contributed by atoms with Gasteiger partial charge in [-0.15, -0.1) is 11.6 Å². The second kappa shape index (κ2) is 5.44. The molecular formula is C15H18ClN3O. The summed E-state index contributed by atoms with van der Waals surface area (Å²) in [7, 11) is 0. The molecule has 0 radical (unpaired) electrons. The molecule has 0 unspecified atom stereocenters. The van der Waals surface area contributed by atoms with Gasteiger partial charge in [0, 0.05) is 13.1 Å². The average Bonchev–Trinajstić information content (AvgIpc) is 3.07. The van der Waals surface area contributed by atoms with E-state index in [-0.39, 0.29) is 5.91 Å². The van der Waals surface area contributed by atoms with E-state index in [1.165, 1.54) is 0 Å². The number of imidazole rings is 1. The summed E-state index contributed by atoms with van der Waals surface area (Å²) >= 11 is 5.99. The zero-order valence-corrected chi connectivity index (χ0v) is 12.4. The maximum Gasteiger partial charge on any atom is 0.242 e. The van der Waals surface area contributed by atoms with Gasteiger partial charge in [-0.25, -0.2) is 4.98 Å². The minimum atomic E-state index is 0.163. The quantitative estimate of drug-likeness (QED) is 0.816. The van der Waals surface area contributed by atoms with E-state index in [1.807, 2.05) is 34.6 Å². The number of carbonyl (C=O) groups is 1. The number of rotatable bonds is 3. The van der Waals surface area contributed by atoms with Crippen molar-refractivity contribution in [2.75, 3.05) is 13.1 Å². The minimum Gasteiger partial charge on any atom is -0.341 e. The standard InChI is InChI=1S/C15H18ClN3O/c1-11-5-4-6-12-15(11)19(13(9-16)17-12)10-14(20)18-7-2-3-8-18/h4-6H,2-3,7-10H2,1H3. The Labute approximate surface area is 123 Å². The van der Waals surface area contributed by atoms with Crippen LogP contribution < -0.4 is 0 Å². The Bertz CT molecular complexity index is 644. The topological polar surface area (TPSA) is 38.1 Å². The van der Waals surface area contributed by atoms with Crippen molar-refractivity contribution in [2.24, 2.45) is 0 Å². The molecule has 2 heterocycles. The van der Waals surface area contributed by atoms with Crippen LogP contribution in [-0.2, 0) is 17.2 Å². The smallest absolute Gasteiger partial charge is 0.242 e. The van der Waals surface area contributed by atoms with Crippen LogP contribution in [-0.4, -0.2) is 33.4 Å². The summed E-state index contributed by atoms with van der Waals surface area (Å²) in [4.78, 5) is 18.8. The van der Waals surface area contributed by atoms with E-state index in [0.29, 0.717) is 12.4 Å². The van der Waals surface area contributed by atoms with Crippen molar-refractivity contribution < 1.29 is 4.79 Å². The highest BCUT2D eigenvalue weighted by Gasteiger charge is 2.21. The molecule has 1 aromatic carbocycles. The first kappa shape index (κ1) is 13.4. The van der Waals surface area contributed by atoms with Crippen LogP contribution in [0, 0.1) is 6.92 Å². The summed E-state index contributed by atoms with van der Waals surface area (Å²) in [5, 5.41) is 0. The predicted molar refractivity (Wildman–Crippen MR) is 79.8 cm³/mol.